The monoisotopic (exact) mass is 336 g/mol. The first-order chi connectivity index (χ1) is 8.63. The second-order valence-corrected chi connectivity index (χ2v) is 6.22. The van der Waals surface area contributed by atoms with E-state index in [2.05, 4.69) is 0 Å². The first-order valence-corrected chi connectivity index (χ1v) is 7.38. The van der Waals surface area contributed by atoms with Crippen LogP contribution in [0.4, 0.5) is 12.9 Å². The molecule has 108 valence electrons. The van der Waals surface area contributed by atoms with Crippen molar-refractivity contribution in [1.82, 2.24) is 0 Å². The minimum absolute atomic E-state index is 0. The third-order valence-electron chi connectivity index (χ3n) is 2.28. The first-order valence-electron chi connectivity index (χ1n) is 5.32. The second kappa shape index (κ2) is 8.04. The minimum atomic E-state index is -5.27. The number of hydrogen-bond acceptors (Lipinski definition) is 4. The Labute approximate surface area is 158 Å². The third-order valence-corrected chi connectivity index (χ3v) is 3.19. The Balaban J connectivity index is 0.00000361. The summed E-state index contributed by atoms with van der Waals surface area (Å²) in [6.45, 7) is -5.59. The van der Waals surface area contributed by atoms with Gasteiger partial charge < -0.3 is 22.4 Å². The zero-order chi connectivity index (χ0) is 14.7. The van der Waals surface area contributed by atoms with Gasteiger partial charge in [0.1, 0.15) is 12.4 Å². The second-order valence-electron chi connectivity index (χ2n) is 3.96. The Morgan fingerprint density at radius 2 is 1.85 bits per heavy atom. The summed E-state index contributed by atoms with van der Waals surface area (Å²) in [5, 5.41) is 0. The van der Waals surface area contributed by atoms with Crippen LogP contribution in [0.15, 0.2) is 18.2 Å². The number of benzene rings is 1. The summed E-state index contributed by atoms with van der Waals surface area (Å²) in [5.41, 5.74) is -0.937. The zero-order valence-electron chi connectivity index (χ0n) is 11.4. The molecule has 1 aromatic rings. The van der Waals surface area contributed by atoms with Crippen LogP contribution < -0.4 is 66.3 Å². The van der Waals surface area contributed by atoms with E-state index in [1.54, 1.807) is 0 Å². The molecule has 0 aliphatic carbocycles. The molecule has 0 heterocycles. The SMILES string of the molecule is COc1ccc(OCCS(C)(=O)=O)c([B-](F)(F)F)c1.[K+]. The van der Waals surface area contributed by atoms with Gasteiger partial charge in [0, 0.05) is 6.26 Å². The summed E-state index contributed by atoms with van der Waals surface area (Å²) in [6.07, 6.45) is 0.985. The fraction of sp³-hybridized carbons (Fsp3) is 0.400. The standard InChI is InChI=1S/C10H13BF3O4S.K/c1-17-8-3-4-10(9(7-8)11(12,13)14)18-5-6-19(2,15)16;/h3-4,7H,5-6H2,1-2H3;/q-1;+1. The van der Waals surface area contributed by atoms with Gasteiger partial charge in [-0.1, -0.05) is 5.46 Å². The Morgan fingerprint density at radius 3 is 2.30 bits per heavy atom. The Hall–Kier alpha value is 0.261. The van der Waals surface area contributed by atoms with Gasteiger partial charge in [0.05, 0.1) is 18.6 Å². The average Bonchev–Trinajstić information content (AvgIpc) is 2.26. The van der Waals surface area contributed by atoms with Crippen LogP contribution in [-0.4, -0.2) is 41.1 Å². The van der Waals surface area contributed by atoms with E-state index in [1.807, 2.05) is 0 Å². The number of hydrogen-bond donors (Lipinski definition) is 0. The molecule has 0 fully saturated rings. The Kier molecular flexibility index (Phi) is 8.15. The van der Waals surface area contributed by atoms with Gasteiger partial charge in [0.15, 0.2) is 9.84 Å². The van der Waals surface area contributed by atoms with Crippen molar-refractivity contribution >= 4 is 22.3 Å². The maximum Gasteiger partial charge on any atom is 1.00 e. The normalized spacial score (nSPS) is 11.7. The van der Waals surface area contributed by atoms with Gasteiger partial charge in [0.2, 0.25) is 0 Å². The molecule has 0 aliphatic heterocycles. The predicted octanol–water partition coefficient (Wildman–Crippen LogP) is -1.82. The van der Waals surface area contributed by atoms with E-state index in [0.29, 0.717) is 0 Å². The number of halogens is 3. The van der Waals surface area contributed by atoms with Crippen LogP contribution >= 0.6 is 0 Å². The van der Waals surface area contributed by atoms with Crippen molar-refractivity contribution in [3.63, 3.8) is 0 Å². The third kappa shape index (κ3) is 6.81. The van der Waals surface area contributed by atoms with Gasteiger partial charge in [-0.3, -0.25) is 0 Å². The zero-order valence-corrected chi connectivity index (χ0v) is 15.3. The fourth-order valence-corrected chi connectivity index (χ4v) is 1.73. The van der Waals surface area contributed by atoms with Crippen LogP contribution in [0.3, 0.4) is 0 Å². The van der Waals surface area contributed by atoms with Gasteiger partial charge in [-0.2, -0.15) is 0 Å². The summed E-state index contributed by atoms with van der Waals surface area (Å²) in [6, 6.07) is 3.27. The quantitative estimate of drug-likeness (QED) is 0.574. The molecular weight excluding hydrogens is 323 g/mol. The topological polar surface area (TPSA) is 52.6 Å². The summed E-state index contributed by atoms with van der Waals surface area (Å²) in [7, 11) is -2.02. The molecule has 0 spiro atoms. The molecule has 0 aliphatic rings. The van der Waals surface area contributed by atoms with Gasteiger partial charge in [-0.05, 0) is 18.2 Å². The van der Waals surface area contributed by atoms with E-state index in [-0.39, 0.29) is 69.5 Å². The minimum Gasteiger partial charge on any atom is -0.497 e. The van der Waals surface area contributed by atoms with Gasteiger partial charge in [-0.25, -0.2) is 8.42 Å². The van der Waals surface area contributed by atoms with Gasteiger partial charge in [-0.15, -0.1) is 0 Å². The van der Waals surface area contributed by atoms with Crippen molar-refractivity contribution in [2.75, 3.05) is 25.7 Å². The number of ether oxygens (including phenoxy) is 2. The van der Waals surface area contributed by atoms with Crippen LogP contribution in [0.2, 0.25) is 0 Å². The van der Waals surface area contributed by atoms with Crippen LogP contribution in [0.5, 0.6) is 11.5 Å². The van der Waals surface area contributed by atoms with Gasteiger partial charge in [0.25, 0.3) is 0 Å². The number of methoxy groups -OCH3 is 1. The summed E-state index contributed by atoms with van der Waals surface area (Å²) in [5.74, 6) is -0.676. The van der Waals surface area contributed by atoms with E-state index in [1.165, 1.54) is 13.2 Å². The number of rotatable bonds is 6. The molecule has 0 saturated heterocycles. The first kappa shape index (κ1) is 20.3. The molecule has 0 N–H and O–H groups in total. The Bertz CT molecular complexity index is 548. The molecule has 0 unspecified atom stereocenters. The molecule has 0 atom stereocenters. The molecule has 0 saturated carbocycles. The van der Waals surface area contributed by atoms with E-state index < -0.39 is 28.0 Å². The maximum absolute atomic E-state index is 12.8. The summed E-state index contributed by atoms with van der Waals surface area (Å²) in [4.78, 5) is 0. The van der Waals surface area contributed by atoms with Crippen molar-refractivity contribution in [2.45, 2.75) is 0 Å². The molecular formula is C10H13BF3KO4S. The smallest absolute Gasteiger partial charge is 0.497 e. The number of sulfone groups is 1. The molecule has 0 amide bonds. The van der Waals surface area contributed by atoms with Crippen molar-refractivity contribution in [3.8, 4) is 11.5 Å². The molecule has 20 heavy (non-hydrogen) atoms. The molecule has 1 rings (SSSR count). The Morgan fingerprint density at radius 1 is 1.25 bits per heavy atom. The molecule has 4 nitrogen and oxygen atoms in total. The van der Waals surface area contributed by atoms with Crippen molar-refractivity contribution in [1.29, 1.82) is 0 Å². The molecule has 1 aromatic carbocycles. The predicted molar refractivity (Wildman–Crippen MR) is 66.9 cm³/mol. The van der Waals surface area contributed by atoms with Gasteiger partial charge >= 0.3 is 58.4 Å². The summed E-state index contributed by atoms with van der Waals surface area (Å²) < 4.78 is 69.9. The van der Waals surface area contributed by atoms with Crippen molar-refractivity contribution < 1.29 is 82.2 Å². The molecule has 0 radical (unpaired) electrons. The van der Waals surface area contributed by atoms with Crippen molar-refractivity contribution in [3.05, 3.63) is 18.2 Å². The van der Waals surface area contributed by atoms with Crippen LogP contribution in [0.1, 0.15) is 0 Å². The van der Waals surface area contributed by atoms with Crippen LogP contribution in [0.25, 0.3) is 0 Å². The van der Waals surface area contributed by atoms with E-state index >= 15 is 0 Å². The van der Waals surface area contributed by atoms with E-state index in [4.69, 9.17) is 9.47 Å². The largest absolute Gasteiger partial charge is 1.00 e. The van der Waals surface area contributed by atoms with E-state index in [9.17, 15) is 21.4 Å². The summed E-state index contributed by atoms with van der Waals surface area (Å²) >= 11 is 0. The van der Waals surface area contributed by atoms with Crippen molar-refractivity contribution in [2.24, 2.45) is 0 Å². The molecule has 10 heteroatoms. The maximum atomic E-state index is 12.8. The van der Waals surface area contributed by atoms with E-state index in [0.717, 1.165) is 18.4 Å². The fourth-order valence-electron chi connectivity index (χ4n) is 1.34. The molecule has 0 bridgehead atoms. The average molecular weight is 336 g/mol. The van der Waals surface area contributed by atoms with Crippen LogP contribution in [-0.2, 0) is 9.84 Å². The molecule has 0 aromatic heterocycles. The van der Waals surface area contributed by atoms with Crippen LogP contribution in [0, 0.1) is 0 Å².